The van der Waals surface area contributed by atoms with Crippen LogP contribution in [0.5, 0.6) is 0 Å². The Balaban J connectivity index is 1.78. The van der Waals surface area contributed by atoms with E-state index in [1.165, 1.54) is 6.20 Å². The second-order valence-corrected chi connectivity index (χ2v) is 5.79. The SMILES string of the molecule is CN1CCN(C(=O)/C(C#N)=C\Nc2cccc3cccnc23)CC1. The van der Waals surface area contributed by atoms with Crippen LogP contribution < -0.4 is 5.32 Å². The Morgan fingerprint density at radius 3 is 2.75 bits per heavy atom. The van der Waals surface area contributed by atoms with Crippen molar-refractivity contribution in [1.29, 1.82) is 5.26 Å². The Morgan fingerprint density at radius 1 is 1.25 bits per heavy atom. The number of hydrogen-bond donors (Lipinski definition) is 1. The molecule has 1 amide bonds. The maximum absolute atomic E-state index is 12.5. The van der Waals surface area contributed by atoms with E-state index in [0.29, 0.717) is 13.1 Å². The van der Waals surface area contributed by atoms with Crippen molar-refractivity contribution in [3.8, 4) is 6.07 Å². The van der Waals surface area contributed by atoms with E-state index in [9.17, 15) is 10.1 Å². The van der Waals surface area contributed by atoms with Gasteiger partial charge in [-0.25, -0.2) is 0 Å². The van der Waals surface area contributed by atoms with E-state index >= 15 is 0 Å². The van der Waals surface area contributed by atoms with Crippen LogP contribution in [-0.2, 0) is 4.79 Å². The van der Waals surface area contributed by atoms with E-state index in [1.54, 1.807) is 11.1 Å². The Morgan fingerprint density at radius 2 is 2.00 bits per heavy atom. The van der Waals surface area contributed by atoms with Crippen molar-refractivity contribution >= 4 is 22.5 Å². The van der Waals surface area contributed by atoms with Gasteiger partial charge in [0, 0.05) is 44.0 Å². The molecule has 122 valence electrons. The highest BCUT2D eigenvalue weighted by atomic mass is 16.2. The summed E-state index contributed by atoms with van der Waals surface area (Å²) in [5, 5.41) is 13.4. The zero-order valence-electron chi connectivity index (χ0n) is 13.6. The van der Waals surface area contributed by atoms with Crippen molar-refractivity contribution in [2.75, 3.05) is 38.5 Å². The minimum Gasteiger partial charge on any atom is -0.358 e. The molecule has 6 heteroatoms. The number of nitrogens with one attached hydrogen (secondary N) is 1. The van der Waals surface area contributed by atoms with Gasteiger partial charge in [0.2, 0.25) is 0 Å². The van der Waals surface area contributed by atoms with Crippen molar-refractivity contribution in [1.82, 2.24) is 14.8 Å². The zero-order valence-corrected chi connectivity index (χ0v) is 13.6. The lowest BCUT2D eigenvalue weighted by atomic mass is 10.2. The molecule has 2 aromatic rings. The van der Waals surface area contributed by atoms with Gasteiger partial charge < -0.3 is 15.1 Å². The molecule has 1 aliphatic rings. The highest BCUT2D eigenvalue weighted by molar-refractivity contribution is 5.98. The summed E-state index contributed by atoms with van der Waals surface area (Å²) < 4.78 is 0. The second kappa shape index (κ2) is 7.11. The number of rotatable bonds is 3. The smallest absolute Gasteiger partial charge is 0.266 e. The van der Waals surface area contributed by atoms with Gasteiger partial charge in [0.25, 0.3) is 5.91 Å². The lowest BCUT2D eigenvalue weighted by Crippen LogP contribution is -2.47. The number of carbonyl (C=O) groups is 1. The monoisotopic (exact) mass is 321 g/mol. The third kappa shape index (κ3) is 3.36. The number of nitriles is 1. The fourth-order valence-corrected chi connectivity index (χ4v) is 2.69. The van der Waals surface area contributed by atoms with Crippen LogP contribution in [0.25, 0.3) is 10.9 Å². The first kappa shape index (κ1) is 16.0. The molecule has 3 rings (SSSR count). The van der Waals surface area contributed by atoms with Crippen molar-refractivity contribution in [2.45, 2.75) is 0 Å². The van der Waals surface area contributed by atoms with Crippen molar-refractivity contribution in [3.05, 3.63) is 48.3 Å². The molecule has 2 heterocycles. The Hall–Kier alpha value is -2.91. The van der Waals surface area contributed by atoms with E-state index in [1.807, 2.05) is 43.4 Å². The van der Waals surface area contributed by atoms with Gasteiger partial charge in [-0.05, 0) is 19.2 Å². The van der Waals surface area contributed by atoms with Gasteiger partial charge in [0.1, 0.15) is 11.6 Å². The van der Waals surface area contributed by atoms with Gasteiger partial charge >= 0.3 is 0 Å². The number of likely N-dealkylation sites (N-methyl/N-ethyl adjacent to an activating group) is 1. The summed E-state index contributed by atoms with van der Waals surface area (Å²) in [6.45, 7) is 2.94. The molecular weight excluding hydrogens is 302 g/mol. The molecule has 1 N–H and O–H groups in total. The number of aromatic nitrogens is 1. The first-order valence-corrected chi connectivity index (χ1v) is 7.87. The zero-order chi connectivity index (χ0) is 16.9. The first-order chi connectivity index (χ1) is 11.7. The maximum atomic E-state index is 12.5. The number of carbonyl (C=O) groups excluding carboxylic acids is 1. The van der Waals surface area contributed by atoms with Gasteiger partial charge in [-0.15, -0.1) is 0 Å². The topological polar surface area (TPSA) is 72.3 Å². The minimum absolute atomic E-state index is 0.104. The summed E-state index contributed by atoms with van der Waals surface area (Å²) in [4.78, 5) is 20.7. The molecule has 0 radical (unpaired) electrons. The molecule has 0 atom stereocenters. The summed E-state index contributed by atoms with van der Waals surface area (Å²) in [6, 6.07) is 11.6. The molecule has 6 nitrogen and oxygen atoms in total. The van der Waals surface area contributed by atoms with Crippen molar-refractivity contribution < 1.29 is 4.79 Å². The van der Waals surface area contributed by atoms with Gasteiger partial charge in [-0.2, -0.15) is 5.26 Å². The van der Waals surface area contributed by atoms with Gasteiger partial charge in [0.15, 0.2) is 0 Å². The second-order valence-electron chi connectivity index (χ2n) is 5.79. The summed E-state index contributed by atoms with van der Waals surface area (Å²) in [5.41, 5.74) is 1.68. The van der Waals surface area contributed by atoms with E-state index in [4.69, 9.17) is 0 Å². The van der Waals surface area contributed by atoms with E-state index < -0.39 is 0 Å². The Labute approximate surface area is 141 Å². The van der Waals surface area contributed by atoms with Crippen LogP contribution in [0.1, 0.15) is 0 Å². The number of anilines is 1. The normalized spacial score (nSPS) is 16.0. The molecule has 1 aliphatic heterocycles. The third-order valence-electron chi connectivity index (χ3n) is 4.15. The largest absolute Gasteiger partial charge is 0.358 e. The van der Waals surface area contributed by atoms with Crippen LogP contribution in [0.3, 0.4) is 0 Å². The standard InChI is InChI=1S/C18H19N5O/c1-22-8-10-23(11-9-22)18(24)15(12-19)13-21-16-6-2-4-14-5-3-7-20-17(14)16/h2-7,13,21H,8-11H2,1H3/b15-13-. The molecule has 24 heavy (non-hydrogen) atoms. The minimum atomic E-state index is -0.230. The molecule has 1 fully saturated rings. The molecule has 1 aromatic carbocycles. The molecule has 0 aliphatic carbocycles. The summed E-state index contributed by atoms with van der Waals surface area (Å²) in [7, 11) is 2.03. The fourth-order valence-electron chi connectivity index (χ4n) is 2.69. The predicted octanol–water partition coefficient (Wildman–Crippen LogP) is 1.83. The number of nitrogens with zero attached hydrogens (tertiary/aromatic N) is 4. The molecular formula is C18H19N5O. The number of pyridine rings is 1. The third-order valence-corrected chi connectivity index (χ3v) is 4.15. The van der Waals surface area contributed by atoms with Crippen LogP contribution in [-0.4, -0.2) is 53.9 Å². The average Bonchev–Trinajstić information content (AvgIpc) is 2.62. The number of fused-ring (bicyclic) bond motifs is 1. The van der Waals surface area contributed by atoms with Gasteiger partial charge in [0.05, 0.1) is 11.2 Å². The number of piperazine rings is 1. The number of hydrogen-bond acceptors (Lipinski definition) is 5. The highest BCUT2D eigenvalue weighted by Crippen LogP contribution is 2.21. The van der Waals surface area contributed by atoms with Crippen molar-refractivity contribution in [2.24, 2.45) is 0 Å². The summed E-state index contributed by atoms with van der Waals surface area (Å²) in [6.07, 6.45) is 3.20. The van der Waals surface area contributed by atoms with Crippen LogP contribution >= 0.6 is 0 Å². The molecule has 1 saturated heterocycles. The number of amides is 1. The molecule has 1 aromatic heterocycles. The fraction of sp³-hybridized carbons (Fsp3) is 0.278. The average molecular weight is 321 g/mol. The van der Waals surface area contributed by atoms with E-state index in [-0.39, 0.29) is 11.5 Å². The highest BCUT2D eigenvalue weighted by Gasteiger charge is 2.22. The van der Waals surface area contributed by atoms with Gasteiger partial charge in [-0.1, -0.05) is 18.2 Å². The lowest BCUT2D eigenvalue weighted by molar-refractivity contribution is -0.128. The molecule has 0 bridgehead atoms. The van der Waals surface area contributed by atoms with E-state index in [2.05, 4.69) is 15.2 Å². The van der Waals surface area contributed by atoms with Crippen LogP contribution in [0.4, 0.5) is 5.69 Å². The van der Waals surface area contributed by atoms with E-state index in [0.717, 1.165) is 29.7 Å². The first-order valence-electron chi connectivity index (χ1n) is 7.87. The van der Waals surface area contributed by atoms with Gasteiger partial charge in [-0.3, -0.25) is 9.78 Å². The predicted molar refractivity (Wildman–Crippen MR) is 93.1 cm³/mol. The summed E-state index contributed by atoms with van der Waals surface area (Å²) in [5.74, 6) is -0.230. The molecule has 0 unspecified atom stereocenters. The number of benzene rings is 1. The Kier molecular flexibility index (Phi) is 4.73. The van der Waals surface area contributed by atoms with Crippen LogP contribution in [0.15, 0.2) is 48.3 Å². The number of para-hydroxylation sites is 1. The lowest BCUT2D eigenvalue weighted by Gasteiger charge is -2.32. The maximum Gasteiger partial charge on any atom is 0.266 e. The Bertz CT molecular complexity index is 810. The van der Waals surface area contributed by atoms with Crippen LogP contribution in [0, 0.1) is 11.3 Å². The molecule has 0 spiro atoms. The van der Waals surface area contributed by atoms with Crippen LogP contribution in [0.2, 0.25) is 0 Å². The van der Waals surface area contributed by atoms with Crippen molar-refractivity contribution in [3.63, 3.8) is 0 Å². The summed E-state index contributed by atoms with van der Waals surface area (Å²) >= 11 is 0. The quantitative estimate of drug-likeness (QED) is 0.690. The molecule has 0 saturated carbocycles.